The number of methoxy groups -OCH3 is 1. The van der Waals surface area contributed by atoms with Gasteiger partial charge < -0.3 is 14.0 Å². The predicted molar refractivity (Wildman–Crippen MR) is 94.1 cm³/mol. The van der Waals surface area contributed by atoms with Gasteiger partial charge in [0.25, 0.3) is 0 Å². The van der Waals surface area contributed by atoms with Crippen LogP contribution < -0.4 is 10.2 Å². The Bertz CT molecular complexity index is 670. The summed E-state index contributed by atoms with van der Waals surface area (Å²) in [6.45, 7) is 6.30. The van der Waals surface area contributed by atoms with Gasteiger partial charge in [0, 0.05) is 11.6 Å². The average molecular weight is 310 g/mol. The van der Waals surface area contributed by atoms with Crippen molar-refractivity contribution in [2.24, 2.45) is 0 Å². The second-order valence-corrected chi connectivity index (χ2v) is 6.68. The predicted octanol–water partition coefficient (Wildman–Crippen LogP) is 3.66. The summed E-state index contributed by atoms with van der Waals surface area (Å²) in [5, 5.41) is 0. The molecule has 0 aromatic heterocycles. The van der Waals surface area contributed by atoms with Gasteiger partial charge >= 0.3 is 7.12 Å². The molecule has 0 N–H and O–H groups in total. The van der Waals surface area contributed by atoms with Gasteiger partial charge in [-0.3, -0.25) is 0 Å². The number of benzene rings is 2. The monoisotopic (exact) mass is 310 g/mol. The molecule has 1 fully saturated rings. The first kappa shape index (κ1) is 16.1. The Kier molecular flexibility index (Phi) is 4.47. The zero-order valence-electron chi connectivity index (χ0n) is 14.2. The van der Waals surface area contributed by atoms with E-state index in [0.717, 1.165) is 23.2 Å². The van der Waals surface area contributed by atoms with Gasteiger partial charge in [0.2, 0.25) is 0 Å². The highest BCUT2D eigenvalue weighted by atomic mass is 16.6. The third-order valence-electron chi connectivity index (χ3n) is 4.15. The van der Waals surface area contributed by atoms with Crippen LogP contribution in [0.25, 0.3) is 11.1 Å². The summed E-state index contributed by atoms with van der Waals surface area (Å²) >= 11 is 0. The number of hydrogen-bond acceptors (Lipinski definition) is 3. The van der Waals surface area contributed by atoms with Crippen molar-refractivity contribution < 1.29 is 14.0 Å². The summed E-state index contributed by atoms with van der Waals surface area (Å²) in [5.41, 5.74) is 3.02. The summed E-state index contributed by atoms with van der Waals surface area (Å²) in [6.07, 6.45) is 1.03. The van der Waals surface area contributed by atoms with E-state index >= 15 is 0 Å². The van der Waals surface area contributed by atoms with Gasteiger partial charge in [0.15, 0.2) is 0 Å². The minimum atomic E-state index is -0.410. The van der Waals surface area contributed by atoms with Crippen molar-refractivity contribution in [1.29, 1.82) is 0 Å². The summed E-state index contributed by atoms with van der Waals surface area (Å²) in [4.78, 5) is 0. The van der Waals surface area contributed by atoms with Crippen molar-refractivity contribution >= 4 is 12.6 Å². The van der Waals surface area contributed by atoms with Gasteiger partial charge in [-0.05, 0) is 44.4 Å². The molecule has 1 aliphatic rings. The molecule has 2 aromatic rings. The van der Waals surface area contributed by atoms with Crippen molar-refractivity contribution in [3.8, 4) is 16.9 Å². The maximum absolute atomic E-state index is 6.16. The second-order valence-electron chi connectivity index (χ2n) is 6.68. The first-order valence-electron chi connectivity index (χ1n) is 8.05. The molecule has 0 amide bonds. The van der Waals surface area contributed by atoms with Crippen LogP contribution in [0.15, 0.2) is 48.5 Å². The molecule has 120 valence electrons. The lowest BCUT2D eigenvalue weighted by molar-refractivity contribution is -0.0231. The lowest BCUT2D eigenvalue weighted by Crippen LogP contribution is -2.52. The van der Waals surface area contributed by atoms with Gasteiger partial charge in [-0.15, -0.1) is 0 Å². The molecule has 0 spiro atoms. The molecule has 1 atom stereocenters. The number of hydrogen-bond donors (Lipinski definition) is 0. The third-order valence-corrected chi connectivity index (χ3v) is 4.15. The summed E-state index contributed by atoms with van der Waals surface area (Å²) in [6, 6.07) is 16.4. The largest absolute Gasteiger partial charge is 0.498 e. The highest BCUT2D eigenvalue weighted by Crippen LogP contribution is 2.28. The first-order valence-corrected chi connectivity index (χ1v) is 8.05. The molecule has 3 rings (SSSR count). The van der Waals surface area contributed by atoms with E-state index in [2.05, 4.69) is 45.0 Å². The Morgan fingerprint density at radius 1 is 1.09 bits per heavy atom. The van der Waals surface area contributed by atoms with E-state index in [4.69, 9.17) is 14.0 Å². The van der Waals surface area contributed by atoms with E-state index in [1.807, 2.05) is 24.3 Å². The van der Waals surface area contributed by atoms with Gasteiger partial charge in [-0.25, -0.2) is 0 Å². The molecular weight excluding hydrogens is 287 g/mol. The molecule has 3 nitrogen and oxygen atoms in total. The topological polar surface area (TPSA) is 27.7 Å². The van der Waals surface area contributed by atoms with E-state index in [0.29, 0.717) is 0 Å². The molecule has 1 unspecified atom stereocenters. The quantitative estimate of drug-likeness (QED) is 0.810. The van der Waals surface area contributed by atoms with Gasteiger partial charge in [0.05, 0.1) is 12.7 Å². The normalized spacial score (nSPS) is 20.3. The van der Waals surface area contributed by atoms with Crippen molar-refractivity contribution in [2.45, 2.75) is 38.9 Å². The lowest BCUT2D eigenvalue weighted by Gasteiger charge is -2.38. The Labute approximate surface area is 138 Å². The van der Waals surface area contributed by atoms with Crippen LogP contribution in [0.3, 0.4) is 0 Å². The van der Waals surface area contributed by atoms with Crippen molar-refractivity contribution in [1.82, 2.24) is 0 Å². The SMILES string of the molecule is COc1ccc(-c2ccccc2)cc1B1OC(C)CC(C)(C)O1. The second kappa shape index (κ2) is 6.38. The van der Waals surface area contributed by atoms with E-state index < -0.39 is 7.12 Å². The third kappa shape index (κ3) is 3.60. The Balaban J connectivity index is 2.00. The fourth-order valence-corrected chi connectivity index (χ4v) is 3.18. The molecule has 23 heavy (non-hydrogen) atoms. The minimum Gasteiger partial charge on any atom is -0.497 e. The van der Waals surface area contributed by atoms with Crippen LogP contribution in [0.4, 0.5) is 0 Å². The highest BCUT2D eigenvalue weighted by Gasteiger charge is 2.39. The molecule has 4 heteroatoms. The minimum absolute atomic E-state index is 0.147. The van der Waals surface area contributed by atoms with Crippen LogP contribution in [0, 0.1) is 0 Å². The summed E-state index contributed by atoms with van der Waals surface area (Å²) in [7, 11) is 1.27. The molecule has 0 aliphatic carbocycles. The van der Waals surface area contributed by atoms with Gasteiger partial charge in [0.1, 0.15) is 5.75 Å². The summed E-state index contributed by atoms with van der Waals surface area (Å²) < 4.78 is 17.7. The molecule has 0 saturated carbocycles. The molecule has 1 heterocycles. The van der Waals surface area contributed by atoms with Crippen LogP contribution in [-0.4, -0.2) is 25.9 Å². The Hall–Kier alpha value is -1.78. The fraction of sp³-hybridized carbons (Fsp3) is 0.368. The zero-order chi connectivity index (χ0) is 16.4. The maximum Gasteiger partial charge on any atom is 0.498 e. The first-order chi connectivity index (χ1) is 11.0. The fourth-order valence-electron chi connectivity index (χ4n) is 3.18. The Morgan fingerprint density at radius 2 is 1.83 bits per heavy atom. The lowest BCUT2D eigenvalue weighted by atomic mass is 9.73. The van der Waals surface area contributed by atoms with E-state index in [1.54, 1.807) is 7.11 Å². The smallest absolute Gasteiger partial charge is 0.497 e. The average Bonchev–Trinajstić information content (AvgIpc) is 2.53. The number of ether oxygens (including phenoxy) is 1. The van der Waals surface area contributed by atoms with Gasteiger partial charge in [-0.2, -0.15) is 0 Å². The highest BCUT2D eigenvalue weighted by molar-refractivity contribution is 6.62. The van der Waals surface area contributed by atoms with Crippen molar-refractivity contribution in [2.75, 3.05) is 7.11 Å². The van der Waals surface area contributed by atoms with E-state index in [-0.39, 0.29) is 11.7 Å². The van der Waals surface area contributed by atoms with Crippen molar-refractivity contribution in [3.63, 3.8) is 0 Å². The van der Waals surface area contributed by atoms with Crippen LogP contribution >= 0.6 is 0 Å². The van der Waals surface area contributed by atoms with Gasteiger partial charge in [-0.1, -0.05) is 42.5 Å². The standard InChI is InChI=1S/C19H23BO3/c1-14-13-19(2,3)23-20(22-14)17-12-16(10-11-18(17)21-4)15-8-6-5-7-9-15/h5-12,14H,13H2,1-4H3. The molecule has 1 saturated heterocycles. The molecule has 1 aliphatic heterocycles. The molecule has 2 aromatic carbocycles. The van der Waals surface area contributed by atoms with E-state index in [9.17, 15) is 0 Å². The summed E-state index contributed by atoms with van der Waals surface area (Å²) in [5.74, 6) is 0.791. The maximum atomic E-state index is 6.16. The molecular formula is C19H23BO3. The van der Waals surface area contributed by atoms with Crippen LogP contribution in [0.5, 0.6) is 5.75 Å². The van der Waals surface area contributed by atoms with Crippen LogP contribution in [0.1, 0.15) is 27.2 Å². The molecule has 0 radical (unpaired) electrons. The van der Waals surface area contributed by atoms with Crippen LogP contribution in [0.2, 0.25) is 0 Å². The van der Waals surface area contributed by atoms with Crippen molar-refractivity contribution in [3.05, 3.63) is 48.5 Å². The van der Waals surface area contributed by atoms with E-state index in [1.165, 1.54) is 5.56 Å². The molecule has 0 bridgehead atoms. The Morgan fingerprint density at radius 3 is 2.48 bits per heavy atom. The number of rotatable bonds is 3. The zero-order valence-corrected chi connectivity index (χ0v) is 14.2. The van der Waals surface area contributed by atoms with Crippen LogP contribution in [-0.2, 0) is 9.31 Å².